The van der Waals surface area contributed by atoms with Gasteiger partial charge in [-0.15, -0.1) is 0 Å². The van der Waals surface area contributed by atoms with E-state index < -0.39 is 0 Å². The lowest BCUT2D eigenvalue weighted by molar-refractivity contribution is -0.139. The van der Waals surface area contributed by atoms with E-state index in [0.29, 0.717) is 12.2 Å². The third-order valence-corrected chi connectivity index (χ3v) is 4.75. The molecule has 0 aliphatic carbocycles. The number of hydrogen-bond acceptors (Lipinski definition) is 4. The molecule has 1 aliphatic heterocycles. The number of carbonyl (C=O) groups excluding carboxylic acids is 3. The van der Waals surface area contributed by atoms with Gasteiger partial charge in [-0.2, -0.15) is 0 Å². The summed E-state index contributed by atoms with van der Waals surface area (Å²) in [6.07, 6.45) is 0.561. The topological polar surface area (TPSA) is 75.7 Å². The van der Waals surface area contributed by atoms with Crippen molar-refractivity contribution in [1.82, 2.24) is 10.2 Å². The Kier molecular flexibility index (Phi) is 6.09. The van der Waals surface area contributed by atoms with E-state index in [9.17, 15) is 14.4 Å². The first-order valence-electron chi connectivity index (χ1n) is 9.43. The molecule has 0 radical (unpaired) electrons. The lowest BCUT2D eigenvalue weighted by atomic mass is 10.1. The number of amides is 3. The van der Waals surface area contributed by atoms with Crippen molar-refractivity contribution in [3.63, 3.8) is 0 Å². The third-order valence-electron chi connectivity index (χ3n) is 4.75. The van der Waals surface area contributed by atoms with Gasteiger partial charge in [-0.25, -0.2) is 0 Å². The van der Waals surface area contributed by atoms with Crippen molar-refractivity contribution in [1.29, 1.82) is 0 Å². The van der Waals surface area contributed by atoms with Crippen molar-refractivity contribution in [2.45, 2.75) is 39.3 Å². The van der Waals surface area contributed by atoms with Crippen molar-refractivity contribution in [2.24, 2.45) is 0 Å². The van der Waals surface area contributed by atoms with E-state index in [1.54, 1.807) is 24.3 Å². The van der Waals surface area contributed by atoms with Gasteiger partial charge in [0, 0.05) is 18.4 Å². The molecule has 6 nitrogen and oxygen atoms in total. The molecule has 1 atom stereocenters. The Hall–Kier alpha value is -3.15. The summed E-state index contributed by atoms with van der Waals surface area (Å²) in [6.45, 7) is 4.72. The normalized spacial score (nSPS) is 14.9. The lowest BCUT2D eigenvalue weighted by Crippen LogP contribution is -2.28. The number of benzene rings is 2. The van der Waals surface area contributed by atoms with E-state index in [4.69, 9.17) is 4.74 Å². The Balaban J connectivity index is 1.59. The fourth-order valence-corrected chi connectivity index (χ4v) is 3.13. The molecule has 1 saturated heterocycles. The average Bonchev–Trinajstić information content (AvgIpc) is 3.01. The molecule has 3 amide bonds. The number of ether oxygens (including phenoxy) is 1. The van der Waals surface area contributed by atoms with Crippen LogP contribution < -0.4 is 10.1 Å². The molecular weight excluding hydrogens is 356 g/mol. The highest BCUT2D eigenvalue weighted by atomic mass is 16.5. The predicted molar refractivity (Wildman–Crippen MR) is 105 cm³/mol. The number of likely N-dealkylation sites (tertiary alicyclic amines) is 1. The van der Waals surface area contributed by atoms with Crippen LogP contribution in [0.15, 0.2) is 48.5 Å². The molecular formula is C22H24N2O4. The average molecular weight is 380 g/mol. The Labute approximate surface area is 164 Å². The van der Waals surface area contributed by atoms with Crippen molar-refractivity contribution in [2.75, 3.05) is 6.61 Å². The molecule has 1 heterocycles. The Morgan fingerprint density at radius 3 is 2.21 bits per heavy atom. The number of hydrogen-bond donors (Lipinski definition) is 1. The van der Waals surface area contributed by atoms with Crippen molar-refractivity contribution < 1.29 is 19.1 Å². The zero-order valence-corrected chi connectivity index (χ0v) is 16.1. The van der Waals surface area contributed by atoms with Crippen molar-refractivity contribution in [3.05, 3.63) is 65.2 Å². The fourth-order valence-electron chi connectivity index (χ4n) is 3.13. The van der Waals surface area contributed by atoms with Crippen LogP contribution in [0.3, 0.4) is 0 Å². The summed E-state index contributed by atoms with van der Waals surface area (Å²) in [5.74, 6) is 0.337. The Bertz CT molecular complexity index is 843. The van der Waals surface area contributed by atoms with Gasteiger partial charge in [0.15, 0.2) is 0 Å². The van der Waals surface area contributed by atoms with Gasteiger partial charge in [-0.3, -0.25) is 19.3 Å². The van der Waals surface area contributed by atoms with Crippen LogP contribution in [-0.4, -0.2) is 29.2 Å². The summed E-state index contributed by atoms with van der Waals surface area (Å²) < 4.78 is 5.43. The molecule has 0 saturated carbocycles. The van der Waals surface area contributed by atoms with Gasteiger partial charge >= 0.3 is 0 Å². The summed E-state index contributed by atoms with van der Waals surface area (Å²) in [5.41, 5.74) is 2.33. The second-order valence-electron chi connectivity index (χ2n) is 6.77. The maximum absolute atomic E-state index is 12.5. The third kappa shape index (κ3) is 4.57. The molecule has 1 N–H and O–H groups in total. The second kappa shape index (κ2) is 8.69. The number of rotatable bonds is 7. The van der Waals surface area contributed by atoms with Gasteiger partial charge in [-0.05, 0) is 49.2 Å². The van der Waals surface area contributed by atoms with E-state index in [0.717, 1.165) is 16.9 Å². The van der Waals surface area contributed by atoms with Gasteiger partial charge in [0.25, 0.3) is 5.91 Å². The van der Waals surface area contributed by atoms with Gasteiger partial charge in [0.05, 0.1) is 19.2 Å². The van der Waals surface area contributed by atoms with E-state index in [1.165, 1.54) is 4.90 Å². The van der Waals surface area contributed by atoms with Crippen LogP contribution in [-0.2, 0) is 16.1 Å². The van der Waals surface area contributed by atoms with Crippen LogP contribution in [0, 0.1) is 0 Å². The van der Waals surface area contributed by atoms with Crippen molar-refractivity contribution in [3.8, 4) is 5.75 Å². The number of nitrogens with zero attached hydrogens (tertiary/aromatic N) is 1. The van der Waals surface area contributed by atoms with E-state index in [1.807, 2.05) is 38.1 Å². The molecule has 0 spiro atoms. The maximum Gasteiger partial charge on any atom is 0.251 e. The van der Waals surface area contributed by atoms with Crippen LogP contribution in [0.5, 0.6) is 5.75 Å². The van der Waals surface area contributed by atoms with E-state index in [-0.39, 0.29) is 43.1 Å². The molecule has 0 bridgehead atoms. The van der Waals surface area contributed by atoms with Crippen LogP contribution in [0.25, 0.3) is 0 Å². The highest BCUT2D eigenvalue weighted by Crippen LogP contribution is 2.19. The molecule has 1 fully saturated rings. The minimum absolute atomic E-state index is 0.143. The summed E-state index contributed by atoms with van der Waals surface area (Å²) in [7, 11) is 0. The Morgan fingerprint density at radius 1 is 1.04 bits per heavy atom. The zero-order valence-electron chi connectivity index (χ0n) is 16.1. The van der Waals surface area contributed by atoms with Crippen LogP contribution in [0.2, 0.25) is 0 Å². The summed E-state index contributed by atoms with van der Waals surface area (Å²) >= 11 is 0. The predicted octanol–water partition coefficient (Wildman–Crippen LogP) is 3.23. The Morgan fingerprint density at radius 2 is 1.64 bits per heavy atom. The van der Waals surface area contributed by atoms with Gasteiger partial charge < -0.3 is 10.1 Å². The first kappa shape index (κ1) is 19.6. The van der Waals surface area contributed by atoms with E-state index >= 15 is 0 Å². The molecule has 1 aliphatic rings. The summed E-state index contributed by atoms with van der Waals surface area (Å²) in [5, 5.41) is 2.97. The zero-order chi connectivity index (χ0) is 20.1. The molecule has 0 unspecified atom stereocenters. The minimum atomic E-state index is -0.179. The van der Waals surface area contributed by atoms with Crippen molar-refractivity contribution >= 4 is 17.7 Å². The standard InChI is InChI=1S/C22H24N2O4/c1-3-28-19-10-8-17(9-11-19)15(2)23-22(27)18-6-4-16(5-7-18)14-24-20(25)12-13-21(24)26/h4-11,15H,3,12-14H2,1-2H3,(H,23,27)/t15-/m0/s1. The fraction of sp³-hybridized carbons (Fsp3) is 0.318. The SMILES string of the molecule is CCOc1ccc([C@H](C)NC(=O)c2ccc(CN3C(=O)CCC3=O)cc2)cc1. The molecule has 2 aromatic rings. The smallest absolute Gasteiger partial charge is 0.251 e. The van der Waals surface area contributed by atoms with Crippen LogP contribution >= 0.6 is 0 Å². The summed E-state index contributed by atoms with van der Waals surface area (Å²) in [6, 6.07) is 14.5. The van der Waals surface area contributed by atoms with Gasteiger partial charge in [-0.1, -0.05) is 24.3 Å². The quantitative estimate of drug-likeness (QED) is 0.749. The number of nitrogens with one attached hydrogen (secondary N) is 1. The number of carbonyl (C=O) groups is 3. The summed E-state index contributed by atoms with van der Waals surface area (Å²) in [4.78, 5) is 37.2. The first-order valence-corrected chi connectivity index (χ1v) is 9.43. The number of imide groups is 1. The molecule has 2 aromatic carbocycles. The first-order chi connectivity index (χ1) is 13.5. The molecule has 3 rings (SSSR count). The van der Waals surface area contributed by atoms with Gasteiger partial charge in [0.2, 0.25) is 11.8 Å². The monoisotopic (exact) mass is 380 g/mol. The second-order valence-corrected chi connectivity index (χ2v) is 6.77. The molecule has 0 aromatic heterocycles. The molecule has 28 heavy (non-hydrogen) atoms. The van der Waals surface area contributed by atoms with Crippen LogP contribution in [0.4, 0.5) is 0 Å². The lowest BCUT2D eigenvalue weighted by Gasteiger charge is -2.16. The maximum atomic E-state index is 12.5. The molecule has 146 valence electrons. The van der Waals surface area contributed by atoms with E-state index in [2.05, 4.69) is 5.32 Å². The largest absolute Gasteiger partial charge is 0.494 e. The highest BCUT2D eigenvalue weighted by Gasteiger charge is 2.28. The minimum Gasteiger partial charge on any atom is -0.494 e. The van der Waals surface area contributed by atoms with Crippen LogP contribution in [0.1, 0.15) is 54.2 Å². The highest BCUT2D eigenvalue weighted by molar-refractivity contribution is 6.01. The van der Waals surface area contributed by atoms with Gasteiger partial charge in [0.1, 0.15) is 5.75 Å². The molecule has 6 heteroatoms.